The third kappa shape index (κ3) is 5.96. The lowest BCUT2D eigenvalue weighted by Crippen LogP contribution is -2.44. The molecule has 196 valence electrons. The number of aliphatic hydroxyl groups excluding tert-OH is 1. The minimum Gasteiger partial charge on any atom is -0.507 e. The van der Waals surface area contributed by atoms with E-state index in [2.05, 4.69) is 4.90 Å². The lowest BCUT2D eigenvalue weighted by Gasteiger charge is -2.42. The van der Waals surface area contributed by atoms with E-state index in [-0.39, 0.29) is 24.1 Å². The van der Waals surface area contributed by atoms with E-state index in [4.69, 9.17) is 0 Å². The molecule has 0 radical (unpaired) electrons. The molecule has 5 heteroatoms. The van der Waals surface area contributed by atoms with Crippen LogP contribution in [0.15, 0.2) is 78.9 Å². The number of piperidine rings is 1. The molecule has 1 fully saturated rings. The summed E-state index contributed by atoms with van der Waals surface area (Å²) in [5, 5.41) is 32.0. The zero-order valence-corrected chi connectivity index (χ0v) is 21.9. The Morgan fingerprint density at radius 1 is 0.892 bits per heavy atom. The number of hydrogen-bond acceptors (Lipinski definition) is 5. The summed E-state index contributed by atoms with van der Waals surface area (Å²) in [6, 6.07) is 25.0. The van der Waals surface area contributed by atoms with Gasteiger partial charge < -0.3 is 20.2 Å². The van der Waals surface area contributed by atoms with E-state index in [0.717, 1.165) is 49.2 Å². The molecule has 0 aliphatic carbocycles. The summed E-state index contributed by atoms with van der Waals surface area (Å²) in [6.45, 7) is 6.31. The smallest absolute Gasteiger partial charge is 0.166 e. The van der Waals surface area contributed by atoms with Gasteiger partial charge >= 0.3 is 0 Å². The molecule has 0 amide bonds. The molecule has 0 atom stereocenters. The number of likely N-dealkylation sites (tertiary alicyclic amines) is 1. The van der Waals surface area contributed by atoms with Crippen molar-refractivity contribution in [3.63, 3.8) is 0 Å². The Bertz CT molecular complexity index is 1130. The van der Waals surface area contributed by atoms with Gasteiger partial charge in [-0.25, -0.2) is 0 Å². The summed E-state index contributed by atoms with van der Waals surface area (Å²) in [4.78, 5) is 15.1. The summed E-state index contributed by atoms with van der Waals surface area (Å²) in [7, 11) is 0. The number of Topliss-reactive ketones (excluding diaryl/α,β-unsaturated/α-hetero) is 1. The molecule has 1 heterocycles. The Hall–Kier alpha value is -2.99. The van der Waals surface area contributed by atoms with Gasteiger partial charge in [-0.15, -0.1) is 0 Å². The molecule has 1 aliphatic rings. The highest BCUT2D eigenvalue weighted by Crippen LogP contribution is 2.42. The maximum atomic E-state index is 12.8. The van der Waals surface area contributed by atoms with Crippen molar-refractivity contribution in [1.29, 1.82) is 0 Å². The highest BCUT2D eigenvalue weighted by molar-refractivity contribution is 5.98. The first-order chi connectivity index (χ1) is 17.8. The van der Waals surface area contributed by atoms with Crippen molar-refractivity contribution in [2.75, 3.05) is 26.2 Å². The molecule has 3 aromatic carbocycles. The Morgan fingerprint density at radius 3 is 1.97 bits per heavy atom. The van der Waals surface area contributed by atoms with Crippen LogP contribution in [0.2, 0.25) is 0 Å². The summed E-state index contributed by atoms with van der Waals surface area (Å²) in [5.41, 5.74) is 1.50. The van der Waals surface area contributed by atoms with E-state index in [1.54, 1.807) is 12.1 Å². The number of nitrogens with zero attached hydrogens (tertiary/aromatic N) is 1. The first kappa shape index (κ1) is 27.1. The molecule has 0 saturated carbocycles. The molecular formula is C32H39NO4. The number of carbonyl (C=O) groups is 1. The maximum Gasteiger partial charge on any atom is 0.166 e. The van der Waals surface area contributed by atoms with E-state index in [9.17, 15) is 20.1 Å². The summed E-state index contributed by atoms with van der Waals surface area (Å²) >= 11 is 0. The fourth-order valence-electron chi connectivity index (χ4n) is 5.47. The maximum absolute atomic E-state index is 12.8. The molecule has 0 aromatic heterocycles. The zero-order chi connectivity index (χ0) is 26.5. The number of aromatic hydroxyl groups is 1. The topological polar surface area (TPSA) is 81.0 Å². The molecule has 1 aliphatic heterocycles. The van der Waals surface area contributed by atoms with Gasteiger partial charge in [0.1, 0.15) is 11.4 Å². The molecule has 3 aromatic rings. The van der Waals surface area contributed by atoms with Gasteiger partial charge in [0.15, 0.2) is 5.78 Å². The predicted molar refractivity (Wildman–Crippen MR) is 147 cm³/mol. The fraction of sp³-hybridized carbons (Fsp3) is 0.406. The third-order valence-corrected chi connectivity index (χ3v) is 7.96. The fourth-order valence-corrected chi connectivity index (χ4v) is 5.47. The van der Waals surface area contributed by atoms with E-state index in [0.29, 0.717) is 18.4 Å². The molecule has 37 heavy (non-hydrogen) atoms. The molecule has 0 bridgehead atoms. The van der Waals surface area contributed by atoms with Gasteiger partial charge in [-0.2, -0.15) is 0 Å². The molecule has 0 unspecified atom stereocenters. The van der Waals surface area contributed by atoms with Crippen molar-refractivity contribution in [2.45, 2.75) is 50.5 Å². The van der Waals surface area contributed by atoms with Gasteiger partial charge in [-0.1, -0.05) is 80.6 Å². The molecule has 4 rings (SSSR count). The van der Waals surface area contributed by atoms with Crippen LogP contribution in [0.3, 0.4) is 0 Å². The summed E-state index contributed by atoms with van der Waals surface area (Å²) in [5.74, 6) is 0.0167. The van der Waals surface area contributed by atoms with Crippen molar-refractivity contribution in [2.24, 2.45) is 5.92 Å². The lowest BCUT2D eigenvalue weighted by molar-refractivity contribution is -0.0142. The normalized spacial score (nSPS) is 15.6. The van der Waals surface area contributed by atoms with E-state index < -0.39 is 11.0 Å². The average molecular weight is 502 g/mol. The van der Waals surface area contributed by atoms with Crippen molar-refractivity contribution in [3.8, 4) is 5.75 Å². The van der Waals surface area contributed by atoms with Gasteiger partial charge in [-0.05, 0) is 73.6 Å². The minimum absolute atomic E-state index is 0.0223. The van der Waals surface area contributed by atoms with Gasteiger partial charge in [0, 0.05) is 11.8 Å². The van der Waals surface area contributed by atoms with Crippen LogP contribution >= 0.6 is 0 Å². The van der Waals surface area contributed by atoms with E-state index >= 15 is 0 Å². The molecule has 3 N–H and O–H groups in total. The van der Waals surface area contributed by atoms with Crippen LogP contribution in [0.4, 0.5) is 0 Å². The van der Waals surface area contributed by atoms with Gasteiger partial charge in [0.05, 0.1) is 12.2 Å². The van der Waals surface area contributed by atoms with Crippen molar-refractivity contribution < 1.29 is 20.1 Å². The van der Waals surface area contributed by atoms with Crippen LogP contribution < -0.4 is 0 Å². The number of phenols is 1. The minimum atomic E-state index is -1.03. The van der Waals surface area contributed by atoms with Gasteiger partial charge in [0.25, 0.3) is 0 Å². The number of aliphatic hydroxyl groups is 2. The van der Waals surface area contributed by atoms with Crippen LogP contribution in [-0.2, 0) is 11.0 Å². The number of ketones is 1. The highest BCUT2D eigenvalue weighted by atomic mass is 16.3. The molecule has 5 nitrogen and oxygen atoms in total. The summed E-state index contributed by atoms with van der Waals surface area (Å²) < 4.78 is 0. The number of carbonyl (C=O) groups excluding carboxylic acids is 1. The Kier molecular flexibility index (Phi) is 8.48. The lowest BCUT2D eigenvalue weighted by atomic mass is 9.72. The quantitative estimate of drug-likeness (QED) is 0.330. The van der Waals surface area contributed by atoms with Crippen LogP contribution in [0, 0.1) is 5.92 Å². The van der Waals surface area contributed by atoms with Crippen molar-refractivity contribution in [3.05, 3.63) is 101 Å². The number of phenolic OH excluding ortho intramolecular Hbond substituents is 1. The van der Waals surface area contributed by atoms with Crippen LogP contribution in [0.1, 0.15) is 66.6 Å². The number of hydrogen-bond donors (Lipinski definition) is 3. The SMILES string of the molecule is CC(C)(CO)c1ccc(C(=O)CCCN2CCC(C(O)(c3ccccc3)c3ccccc3)CC2)c(O)c1. The summed E-state index contributed by atoms with van der Waals surface area (Å²) in [6.07, 6.45) is 2.83. The molecular weight excluding hydrogens is 462 g/mol. The largest absolute Gasteiger partial charge is 0.507 e. The zero-order valence-electron chi connectivity index (χ0n) is 21.9. The Balaban J connectivity index is 1.33. The van der Waals surface area contributed by atoms with Crippen molar-refractivity contribution >= 4 is 5.78 Å². The Morgan fingerprint density at radius 2 is 1.46 bits per heavy atom. The van der Waals surface area contributed by atoms with Crippen LogP contribution in [0.25, 0.3) is 0 Å². The number of rotatable bonds is 10. The predicted octanol–water partition coefficient (Wildman–Crippen LogP) is 5.27. The second-order valence-electron chi connectivity index (χ2n) is 10.9. The number of benzene rings is 3. The van der Waals surface area contributed by atoms with E-state index in [1.165, 1.54) is 0 Å². The first-order valence-corrected chi connectivity index (χ1v) is 13.3. The third-order valence-electron chi connectivity index (χ3n) is 7.96. The highest BCUT2D eigenvalue weighted by Gasteiger charge is 2.41. The average Bonchev–Trinajstić information content (AvgIpc) is 2.93. The van der Waals surface area contributed by atoms with Crippen LogP contribution in [-0.4, -0.2) is 52.2 Å². The standard InChI is InChI=1S/C32H39NO4/c1-31(2,23-34)27-15-16-28(30(36)22-27)29(35)14-9-19-33-20-17-26(18-21-33)32(37,24-10-5-3-6-11-24)25-12-7-4-8-13-25/h3-8,10-13,15-16,22,26,34,36-37H,9,14,17-21,23H2,1-2H3. The molecule has 0 spiro atoms. The van der Waals surface area contributed by atoms with E-state index in [1.807, 2.05) is 80.6 Å². The van der Waals surface area contributed by atoms with Crippen LogP contribution in [0.5, 0.6) is 5.75 Å². The first-order valence-electron chi connectivity index (χ1n) is 13.3. The Labute approximate surface area is 220 Å². The second kappa shape index (κ2) is 11.6. The van der Waals surface area contributed by atoms with Gasteiger partial charge in [0.2, 0.25) is 0 Å². The van der Waals surface area contributed by atoms with Crippen molar-refractivity contribution in [1.82, 2.24) is 4.90 Å². The second-order valence-corrected chi connectivity index (χ2v) is 10.9. The monoisotopic (exact) mass is 501 g/mol. The van der Waals surface area contributed by atoms with Gasteiger partial charge in [-0.3, -0.25) is 4.79 Å². The molecule has 1 saturated heterocycles.